The van der Waals surface area contributed by atoms with Crippen molar-refractivity contribution in [3.8, 4) is 28.3 Å². The molecule has 2 aromatic heterocycles. The summed E-state index contributed by atoms with van der Waals surface area (Å²) in [5.41, 5.74) is 8.62. The van der Waals surface area contributed by atoms with Crippen LogP contribution in [0.25, 0.3) is 22.3 Å². The van der Waals surface area contributed by atoms with Gasteiger partial charge in [-0.15, -0.1) is 0 Å². The summed E-state index contributed by atoms with van der Waals surface area (Å²) in [7, 11) is 0. The van der Waals surface area contributed by atoms with Crippen molar-refractivity contribution in [1.82, 2.24) is 9.97 Å². The van der Waals surface area contributed by atoms with Gasteiger partial charge in [0.1, 0.15) is 0 Å². The van der Waals surface area contributed by atoms with Crippen molar-refractivity contribution in [3.05, 3.63) is 65.7 Å². The molecule has 0 amide bonds. The van der Waals surface area contributed by atoms with E-state index in [4.69, 9.17) is 4.98 Å². The maximum Gasteiger partial charge on any atom is 0.0937 e. The standard InChI is InChI=1S/C29H32N4/c1-19-8-9-21(22-10-11-31-27(16-22)29(3,4)18-30)14-25(19)23-15-26-28(32-17-23)20(2)13-24-7-5-6-12-33(24)26/h8-11,14-17,20,24H,5-7,12-13H2,1-4H3. The van der Waals surface area contributed by atoms with Crippen molar-refractivity contribution in [2.75, 3.05) is 11.4 Å². The van der Waals surface area contributed by atoms with E-state index in [1.54, 1.807) is 0 Å². The molecule has 2 unspecified atom stereocenters. The minimum absolute atomic E-state index is 0.513. The highest BCUT2D eigenvalue weighted by atomic mass is 15.2. The number of piperidine rings is 1. The molecule has 0 saturated carbocycles. The molecule has 1 aromatic carbocycles. The van der Waals surface area contributed by atoms with Gasteiger partial charge >= 0.3 is 0 Å². The number of hydrogen-bond donors (Lipinski definition) is 0. The van der Waals surface area contributed by atoms with E-state index >= 15 is 0 Å². The number of fused-ring (bicyclic) bond motifs is 3. The lowest BCUT2D eigenvalue weighted by molar-refractivity contribution is 0.395. The molecule has 1 saturated heterocycles. The zero-order valence-corrected chi connectivity index (χ0v) is 20.1. The molecule has 4 nitrogen and oxygen atoms in total. The largest absolute Gasteiger partial charge is 0.367 e. The molecule has 0 radical (unpaired) electrons. The van der Waals surface area contributed by atoms with Crippen LogP contribution >= 0.6 is 0 Å². The third kappa shape index (κ3) is 3.91. The van der Waals surface area contributed by atoms with Gasteiger partial charge in [-0.3, -0.25) is 9.97 Å². The number of anilines is 1. The summed E-state index contributed by atoms with van der Waals surface area (Å²) in [4.78, 5) is 12.1. The fraction of sp³-hybridized carbons (Fsp3) is 0.414. The van der Waals surface area contributed by atoms with E-state index in [0.29, 0.717) is 12.0 Å². The van der Waals surface area contributed by atoms with Crippen molar-refractivity contribution < 1.29 is 0 Å². The molecule has 4 heterocycles. The molecule has 3 aromatic rings. The Morgan fingerprint density at radius 2 is 1.85 bits per heavy atom. The smallest absolute Gasteiger partial charge is 0.0937 e. The van der Waals surface area contributed by atoms with Crippen LogP contribution < -0.4 is 4.90 Å². The minimum Gasteiger partial charge on any atom is -0.367 e. The van der Waals surface area contributed by atoms with Gasteiger partial charge in [-0.25, -0.2) is 0 Å². The fourth-order valence-electron chi connectivity index (χ4n) is 5.43. The maximum absolute atomic E-state index is 9.54. The van der Waals surface area contributed by atoms with Gasteiger partial charge in [0, 0.05) is 36.5 Å². The highest BCUT2D eigenvalue weighted by molar-refractivity contribution is 5.77. The number of benzene rings is 1. The van der Waals surface area contributed by atoms with E-state index in [1.165, 1.54) is 53.8 Å². The Morgan fingerprint density at radius 3 is 2.67 bits per heavy atom. The monoisotopic (exact) mass is 436 g/mol. The summed E-state index contributed by atoms with van der Waals surface area (Å²) in [5.74, 6) is 0.513. The van der Waals surface area contributed by atoms with Crippen LogP contribution in [0.4, 0.5) is 5.69 Å². The Labute approximate surface area is 197 Å². The Balaban J connectivity index is 1.56. The first-order valence-corrected chi connectivity index (χ1v) is 12.1. The van der Waals surface area contributed by atoms with Gasteiger partial charge in [0.25, 0.3) is 0 Å². The number of pyridine rings is 2. The fourth-order valence-corrected chi connectivity index (χ4v) is 5.43. The molecule has 2 aliphatic heterocycles. The molecule has 2 atom stereocenters. The van der Waals surface area contributed by atoms with Crippen molar-refractivity contribution in [2.45, 2.75) is 70.8 Å². The zero-order chi connectivity index (χ0) is 23.2. The molecular formula is C29H32N4. The van der Waals surface area contributed by atoms with Crippen LogP contribution in [0.1, 0.15) is 69.3 Å². The van der Waals surface area contributed by atoms with E-state index in [1.807, 2.05) is 32.2 Å². The molecular weight excluding hydrogens is 404 g/mol. The average molecular weight is 437 g/mol. The lowest BCUT2D eigenvalue weighted by Gasteiger charge is -2.44. The van der Waals surface area contributed by atoms with E-state index in [2.05, 4.69) is 60.3 Å². The van der Waals surface area contributed by atoms with E-state index in [-0.39, 0.29) is 0 Å². The first kappa shape index (κ1) is 21.6. The van der Waals surface area contributed by atoms with Gasteiger partial charge in [0.05, 0.1) is 28.6 Å². The summed E-state index contributed by atoms with van der Waals surface area (Å²) < 4.78 is 0. The molecule has 5 rings (SSSR count). The SMILES string of the molecule is Cc1ccc(-c2ccnc(C(C)(C)C#N)c2)cc1-c1cnc2c(c1)N1CCCCC1CC2C. The van der Waals surface area contributed by atoms with Gasteiger partial charge in [-0.1, -0.05) is 19.1 Å². The molecule has 4 heteroatoms. The predicted octanol–water partition coefficient (Wildman–Crippen LogP) is 6.79. The minimum atomic E-state index is -0.617. The van der Waals surface area contributed by atoms with Crippen LogP contribution in [0.5, 0.6) is 0 Å². The lowest BCUT2D eigenvalue weighted by Crippen LogP contribution is -2.43. The van der Waals surface area contributed by atoms with Gasteiger partial charge in [0.2, 0.25) is 0 Å². The zero-order valence-electron chi connectivity index (χ0n) is 20.1. The molecule has 0 spiro atoms. The highest BCUT2D eigenvalue weighted by Gasteiger charge is 2.33. The number of rotatable bonds is 3. The second kappa shape index (κ2) is 8.30. The second-order valence-corrected chi connectivity index (χ2v) is 10.3. The first-order valence-electron chi connectivity index (χ1n) is 12.1. The van der Waals surface area contributed by atoms with E-state index in [0.717, 1.165) is 23.4 Å². The van der Waals surface area contributed by atoms with Gasteiger partial charge in [-0.05, 0) is 93.0 Å². The van der Waals surface area contributed by atoms with Crippen molar-refractivity contribution >= 4 is 5.69 Å². The Morgan fingerprint density at radius 1 is 1.03 bits per heavy atom. The molecule has 168 valence electrons. The Hall–Kier alpha value is -3.19. The summed E-state index contributed by atoms with van der Waals surface area (Å²) in [6, 6.07) is 16.1. The predicted molar refractivity (Wildman–Crippen MR) is 134 cm³/mol. The summed E-state index contributed by atoms with van der Waals surface area (Å²) in [6.07, 6.45) is 8.99. The number of aryl methyl sites for hydroxylation is 1. The third-order valence-electron chi connectivity index (χ3n) is 7.49. The van der Waals surface area contributed by atoms with Crippen LogP contribution in [-0.4, -0.2) is 22.6 Å². The molecule has 33 heavy (non-hydrogen) atoms. The van der Waals surface area contributed by atoms with E-state index in [9.17, 15) is 5.26 Å². The maximum atomic E-state index is 9.54. The van der Waals surface area contributed by atoms with Gasteiger partial charge in [-0.2, -0.15) is 5.26 Å². The van der Waals surface area contributed by atoms with Crippen molar-refractivity contribution in [1.29, 1.82) is 5.26 Å². The van der Waals surface area contributed by atoms with Crippen LogP contribution in [0.2, 0.25) is 0 Å². The Kier molecular flexibility index (Phi) is 5.44. The lowest BCUT2D eigenvalue weighted by atomic mass is 9.85. The number of nitrogens with zero attached hydrogens (tertiary/aromatic N) is 4. The molecule has 0 aliphatic carbocycles. The van der Waals surface area contributed by atoms with Gasteiger partial charge in [0.15, 0.2) is 0 Å². The normalized spacial score (nSPS) is 20.0. The second-order valence-electron chi connectivity index (χ2n) is 10.3. The summed E-state index contributed by atoms with van der Waals surface area (Å²) in [5, 5.41) is 9.54. The van der Waals surface area contributed by atoms with Crippen molar-refractivity contribution in [3.63, 3.8) is 0 Å². The quantitative estimate of drug-likeness (QED) is 0.454. The molecule has 1 fully saturated rings. The Bertz CT molecular complexity index is 1240. The number of nitriles is 1. The molecule has 0 bridgehead atoms. The highest BCUT2D eigenvalue weighted by Crippen LogP contribution is 2.42. The topological polar surface area (TPSA) is 52.8 Å². The number of hydrogen-bond acceptors (Lipinski definition) is 4. The molecule has 0 N–H and O–H groups in total. The van der Waals surface area contributed by atoms with Crippen LogP contribution in [0.3, 0.4) is 0 Å². The van der Waals surface area contributed by atoms with Gasteiger partial charge < -0.3 is 4.90 Å². The molecule has 2 aliphatic rings. The van der Waals surface area contributed by atoms with Crippen LogP contribution in [0, 0.1) is 18.3 Å². The first-order chi connectivity index (χ1) is 15.9. The van der Waals surface area contributed by atoms with Crippen LogP contribution in [0.15, 0.2) is 48.8 Å². The summed E-state index contributed by atoms with van der Waals surface area (Å²) in [6.45, 7) is 9.46. The third-order valence-corrected chi connectivity index (χ3v) is 7.49. The average Bonchev–Trinajstić information content (AvgIpc) is 2.84. The summed E-state index contributed by atoms with van der Waals surface area (Å²) >= 11 is 0. The van der Waals surface area contributed by atoms with E-state index < -0.39 is 5.41 Å². The van der Waals surface area contributed by atoms with Crippen molar-refractivity contribution in [2.24, 2.45) is 0 Å². The van der Waals surface area contributed by atoms with Crippen LogP contribution in [-0.2, 0) is 5.41 Å². The number of aromatic nitrogens is 2.